The van der Waals surface area contributed by atoms with Crippen LogP contribution in [0, 0.1) is 0 Å². The third kappa shape index (κ3) is 3.45. The van der Waals surface area contributed by atoms with Crippen LogP contribution in [0.2, 0.25) is 18.1 Å². The van der Waals surface area contributed by atoms with E-state index in [0.29, 0.717) is 5.76 Å². The van der Waals surface area contributed by atoms with Crippen LogP contribution in [0.3, 0.4) is 0 Å². The van der Waals surface area contributed by atoms with Crippen LogP contribution in [0.1, 0.15) is 33.3 Å². The summed E-state index contributed by atoms with van der Waals surface area (Å²) in [4.78, 5) is 0. The van der Waals surface area contributed by atoms with Gasteiger partial charge in [-0.2, -0.15) is 0 Å². The Balaban J connectivity index is 3.07. The Morgan fingerprint density at radius 1 is 1.06 bits per heavy atom. The molecule has 1 nitrogen and oxygen atoms in total. The van der Waals surface area contributed by atoms with Gasteiger partial charge in [-0.15, -0.1) is 0 Å². The first-order chi connectivity index (χ1) is 8.58. The fraction of sp³-hybridized carbons (Fsp3) is 0.467. The number of allylic oxidation sites excluding steroid dienone is 1. The van der Waals surface area contributed by atoms with Crippen molar-refractivity contribution >= 4 is 14.1 Å². The molecule has 0 fully saturated rings. The second kappa shape index (κ2) is 6.74. The third-order valence-electron chi connectivity index (χ3n) is 3.60. The van der Waals surface area contributed by atoms with E-state index in [1.54, 1.807) is 0 Å². The molecule has 1 aromatic carbocycles. The molecule has 0 radical (unpaired) electrons. The zero-order valence-electron chi connectivity index (χ0n) is 11.8. The van der Waals surface area contributed by atoms with E-state index in [-0.39, 0.29) is 5.83 Å². The molecule has 18 heavy (non-hydrogen) atoms. The van der Waals surface area contributed by atoms with Gasteiger partial charge in [-0.25, -0.2) is 4.39 Å². The highest BCUT2D eigenvalue weighted by Crippen LogP contribution is 2.31. The topological polar surface area (TPSA) is 9.23 Å². The first-order valence-corrected chi connectivity index (χ1v) is 9.22. The largest absolute Gasteiger partial charge is 0.541 e. The summed E-state index contributed by atoms with van der Waals surface area (Å²) in [6.07, 6.45) is 0. The van der Waals surface area contributed by atoms with Crippen LogP contribution in [-0.4, -0.2) is 8.32 Å². The quantitative estimate of drug-likeness (QED) is 0.497. The van der Waals surface area contributed by atoms with Crippen LogP contribution in [-0.2, 0) is 4.43 Å². The van der Waals surface area contributed by atoms with Crippen molar-refractivity contribution in [3.8, 4) is 0 Å². The summed E-state index contributed by atoms with van der Waals surface area (Å²) >= 11 is 0. The summed E-state index contributed by atoms with van der Waals surface area (Å²) < 4.78 is 19.9. The molecular weight excluding hydrogens is 243 g/mol. The van der Waals surface area contributed by atoms with Crippen molar-refractivity contribution in [2.24, 2.45) is 0 Å². The molecule has 0 atom stereocenters. The van der Waals surface area contributed by atoms with Gasteiger partial charge >= 0.3 is 0 Å². The maximum absolute atomic E-state index is 13.8. The fourth-order valence-electron chi connectivity index (χ4n) is 2.10. The lowest BCUT2D eigenvalue weighted by Gasteiger charge is -2.30. The Hall–Kier alpha value is -1.09. The average molecular weight is 266 g/mol. The highest BCUT2D eigenvalue weighted by atomic mass is 28.4. The van der Waals surface area contributed by atoms with Gasteiger partial charge in [-0.3, -0.25) is 0 Å². The molecule has 0 bridgehead atoms. The Morgan fingerprint density at radius 2 is 1.56 bits per heavy atom. The molecule has 0 N–H and O–H groups in total. The molecule has 1 aromatic rings. The number of rotatable bonds is 6. The SMILES string of the molecule is CC[Si](CC)(CC)O/C(=C(\C)F)c1ccccc1. The molecule has 0 heterocycles. The maximum atomic E-state index is 13.8. The zero-order chi connectivity index (χ0) is 13.6. The van der Waals surface area contributed by atoms with Gasteiger partial charge in [0.2, 0.25) is 0 Å². The van der Waals surface area contributed by atoms with Crippen LogP contribution in [0.15, 0.2) is 36.2 Å². The maximum Gasteiger partial charge on any atom is 0.250 e. The summed E-state index contributed by atoms with van der Waals surface area (Å²) in [6.45, 7) is 7.92. The van der Waals surface area contributed by atoms with E-state index >= 15 is 0 Å². The minimum Gasteiger partial charge on any atom is -0.541 e. The molecule has 0 spiro atoms. The molecule has 0 saturated carbocycles. The minimum atomic E-state index is -1.82. The Kier molecular flexibility index (Phi) is 5.60. The minimum absolute atomic E-state index is 0.228. The van der Waals surface area contributed by atoms with Gasteiger partial charge in [0.1, 0.15) is 11.6 Å². The molecule has 0 aliphatic carbocycles. The lowest BCUT2D eigenvalue weighted by atomic mass is 10.2. The third-order valence-corrected chi connectivity index (χ3v) is 8.10. The molecule has 0 aliphatic heterocycles. The van der Waals surface area contributed by atoms with Crippen molar-refractivity contribution in [2.45, 2.75) is 45.8 Å². The van der Waals surface area contributed by atoms with Crippen molar-refractivity contribution < 1.29 is 8.82 Å². The van der Waals surface area contributed by atoms with Gasteiger partial charge in [0, 0.05) is 5.56 Å². The van der Waals surface area contributed by atoms with Crippen LogP contribution in [0.4, 0.5) is 4.39 Å². The molecule has 3 heteroatoms. The normalized spacial score (nSPS) is 13.2. The monoisotopic (exact) mass is 266 g/mol. The lowest BCUT2D eigenvalue weighted by molar-refractivity contribution is 0.465. The van der Waals surface area contributed by atoms with E-state index in [1.165, 1.54) is 6.92 Å². The van der Waals surface area contributed by atoms with E-state index in [0.717, 1.165) is 23.7 Å². The number of hydrogen-bond donors (Lipinski definition) is 0. The zero-order valence-corrected chi connectivity index (χ0v) is 12.8. The molecule has 0 unspecified atom stereocenters. The lowest BCUT2D eigenvalue weighted by Crippen LogP contribution is -2.35. The average Bonchev–Trinajstić information content (AvgIpc) is 2.42. The summed E-state index contributed by atoms with van der Waals surface area (Å²) in [7, 11) is -1.82. The first kappa shape index (κ1) is 15.0. The van der Waals surface area contributed by atoms with E-state index in [4.69, 9.17) is 4.43 Å². The van der Waals surface area contributed by atoms with Crippen LogP contribution in [0.5, 0.6) is 0 Å². The van der Waals surface area contributed by atoms with E-state index < -0.39 is 8.32 Å². The summed E-state index contributed by atoms with van der Waals surface area (Å²) in [5.74, 6) is 0.209. The Labute approximate surface area is 111 Å². The highest BCUT2D eigenvalue weighted by Gasteiger charge is 2.32. The Morgan fingerprint density at radius 3 is 1.94 bits per heavy atom. The van der Waals surface area contributed by atoms with Gasteiger partial charge in [-0.05, 0) is 25.1 Å². The van der Waals surface area contributed by atoms with Crippen molar-refractivity contribution in [3.05, 3.63) is 41.7 Å². The van der Waals surface area contributed by atoms with Crippen LogP contribution >= 0.6 is 0 Å². The van der Waals surface area contributed by atoms with Crippen molar-refractivity contribution in [1.29, 1.82) is 0 Å². The fourth-order valence-corrected chi connectivity index (χ4v) is 4.73. The number of hydrogen-bond acceptors (Lipinski definition) is 1. The second-order valence-electron chi connectivity index (χ2n) is 4.57. The van der Waals surface area contributed by atoms with Crippen molar-refractivity contribution in [1.82, 2.24) is 0 Å². The Bertz CT molecular complexity index is 384. The van der Waals surface area contributed by atoms with Gasteiger partial charge in [0.05, 0.1) is 0 Å². The molecule has 0 aromatic heterocycles. The summed E-state index contributed by atoms with van der Waals surface area (Å²) in [5, 5.41) is 0. The number of halogens is 1. The van der Waals surface area contributed by atoms with Crippen LogP contribution in [0.25, 0.3) is 5.76 Å². The van der Waals surface area contributed by atoms with Crippen molar-refractivity contribution in [3.63, 3.8) is 0 Å². The molecule has 1 rings (SSSR count). The molecular formula is C15H23FOSi. The van der Waals surface area contributed by atoms with Gasteiger partial charge < -0.3 is 4.43 Å². The van der Waals surface area contributed by atoms with Gasteiger partial charge in [0.15, 0.2) is 0 Å². The highest BCUT2D eigenvalue weighted by molar-refractivity contribution is 6.74. The smallest absolute Gasteiger partial charge is 0.250 e. The summed E-state index contributed by atoms with van der Waals surface area (Å²) in [5.41, 5.74) is 0.838. The second-order valence-corrected chi connectivity index (χ2v) is 9.27. The van der Waals surface area contributed by atoms with E-state index in [1.807, 2.05) is 30.3 Å². The standard InChI is InChI=1S/C15H23FOSi/c1-5-18(6-2,7-3)17-15(13(4)16)14-11-9-8-10-12-14/h8-12H,5-7H2,1-4H3/b15-13+. The predicted octanol–water partition coefficient (Wildman–Crippen LogP) is 5.37. The van der Waals surface area contributed by atoms with Gasteiger partial charge in [-0.1, -0.05) is 51.1 Å². The van der Waals surface area contributed by atoms with Gasteiger partial charge in [0.25, 0.3) is 8.32 Å². The molecule has 100 valence electrons. The van der Waals surface area contributed by atoms with Crippen LogP contribution < -0.4 is 0 Å². The molecule has 0 saturated heterocycles. The summed E-state index contributed by atoms with van der Waals surface area (Å²) in [6, 6.07) is 12.6. The number of benzene rings is 1. The first-order valence-electron chi connectivity index (χ1n) is 6.69. The van der Waals surface area contributed by atoms with E-state index in [2.05, 4.69) is 20.8 Å². The predicted molar refractivity (Wildman–Crippen MR) is 78.4 cm³/mol. The molecule has 0 aliphatic rings. The van der Waals surface area contributed by atoms with Crippen molar-refractivity contribution in [2.75, 3.05) is 0 Å². The molecule has 0 amide bonds. The van der Waals surface area contributed by atoms with E-state index in [9.17, 15) is 4.39 Å².